The molecule has 1 N–H and O–H groups in total. The summed E-state index contributed by atoms with van der Waals surface area (Å²) in [5.74, 6) is 2.15. The van der Waals surface area contributed by atoms with Crippen molar-refractivity contribution in [3.8, 4) is 0 Å². The van der Waals surface area contributed by atoms with Crippen LogP contribution in [0, 0.1) is 6.92 Å². The van der Waals surface area contributed by atoms with E-state index in [9.17, 15) is 0 Å². The van der Waals surface area contributed by atoms with Crippen LogP contribution in [0.4, 0.5) is 0 Å². The van der Waals surface area contributed by atoms with Gasteiger partial charge in [-0.15, -0.1) is 11.8 Å². The molecule has 1 atom stereocenters. The first kappa shape index (κ1) is 16.1. The van der Waals surface area contributed by atoms with Gasteiger partial charge in [-0.3, -0.25) is 0 Å². The van der Waals surface area contributed by atoms with Crippen LogP contribution in [0.1, 0.15) is 37.7 Å². The van der Waals surface area contributed by atoms with Gasteiger partial charge in [0.1, 0.15) is 5.82 Å². The van der Waals surface area contributed by atoms with Gasteiger partial charge < -0.3 is 9.88 Å². The highest BCUT2D eigenvalue weighted by atomic mass is 32.2. The normalized spacial score (nSPS) is 12.5. The fraction of sp³-hybridized carbons (Fsp3) is 0.471. The van der Waals surface area contributed by atoms with Crippen molar-refractivity contribution in [1.82, 2.24) is 14.9 Å². The van der Waals surface area contributed by atoms with Gasteiger partial charge in [0.25, 0.3) is 0 Å². The molecular weight excluding hydrogens is 278 g/mol. The summed E-state index contributed by atoms with van der Waals surface area (Å²) in [6.07, 6.45) is 5.13. The Morgan fingerprint density at radius 1 is 1.33 bits per heavy atom. The maximum Gasteiger partial charge on any atom is 0.126 e. The van der Waals surface area contributed by atoms with E-state index in [4.69, 9.17) is 0 Å². The zero-order chi connectivity index (χ0) is 15.1. The lowest BCUT2D eigenvalue weighted by Gasteiger charge is -2.18. The second kappa shape index (κ2) is 8.25. The van der Waals surface area contributed by atoms with Crippen molar-refractivity contribution in [3.05, 3.63) is 48.0 Å². The number of rotatable bonds is 8. The molecule has 0 bridgehead atoms. The molecule has 3 nitrogen and oxygen atoms in total. The number of nitrogens with zero attached hydrogens (tertiary/aromatic N) is 2. The Labute approximate surface area is 132 Å². The van der Waals surface area contributed by atoms with Crippen molar-refractivity contribution in [2.24, 2.45) is 0 Å². The van der Waals surface area contributed by atoms with E-state index < -0.39 is 0 Å². The summed E-state index contributed by atoms with van der Waals surface area (Å²) in [5.41, 5.74) is 1.31. The van der Waals surface area contributed by atoms with Crippen LogP contribution in [0.25, 0.3) is 0 Å². The second-order valence-corrected chi connectivity index (χ2v) is 6.31. The fourth-order valence-corrected chi connectivity index (χ4v) is 3.49. The average molecular weight is 303 g/mol. The number of hydrogen-bond acceptors (Lipinski definition) is 3. The molecule has 0 aliphatic carbocycles. The maximum atomic E-state index is 4.57. The number of aryl methyl sites for hydroxylation is 2. The van der Waals surface area contributed by atoms with Gasteiger partial charge in [0.05, 0.1) is 6.04 Å². The Morgan fingerprint density at radius 2 is 2.19 bits per heavy atom. The summed E-state index contributed by atoms with van der Waals surface area (Å²) in [7, 11) is 0. The second-order valence-electron chi connectivity index (χ2n) is 5.22. The Morgan fingerprint density at radius 3 is 2.90 bits per heavy atom. The van der Waals surface area contributed by atoms with Crippen molar-refractivity contribution < 1.29 is 0 Å². The van der Waals surface area contributed by atoms with E-state index in [0.29, 0.717) is 6.04 Å². The smallest absolute Gasteiger partial charge is 0.126 e. The van der Waals surface area contributed by atoms with E-state index in [1.165, 1.54) is 10.5 Å². The minimum atomic E-state index is 0.294. The van der Waals surface area contributed by atoms with Crippen molar-refractivity contribution in [2.45, 2.75) is 44.7 Å². The SMILES string of the molecule is CCCn1ccnc1C(CSc1cccc(C)c1)NCC. The molecule has 0 amide bonds. The van der Waals surface area contributed by atoms with Crippen LogP contribution in [0.3, 0.4) is 0 Å². The number of nitrogens with one attached hydrogen (secondary N) is 1. The third kappa shape index (κ3) is 4.61. The minimum Gasteiger partial charge on any atom is -0.334 e. The number of imidazole rings is 1. The highest BCUT2D eigenvalue weighted by molar-refractivity contribution is 7.99. The summed E-state index contributed by atoms with van der Waals surface area (Å²) in [6.45, 7) is 8.48. The van der Waals surface area contributed by atoms with E-state index in [1.807, 2.05) is 18.0 Å². The largest absolute Gasteiger partial charge is 0.334 e. The van der Waals surface area contributed by atoms with Crippen LogP contribution < -0.4 is 5.32 Å². The molecule has 21 heavy (non-hydrogen) atoms. The summed E-state index contributed by atoms with van der Waals surface area (Å²) >= 11 is 1.89. The molecule has 0 fully saturated rings. The minimum absolute atomic E-state index is 0.294. The quantitative estimate of drug-likeness (QED) is 0.746. The number of aromatic nitrogens is 2. The highest BCUT2D eigenvalue weighted by Crippen LogP contribution is 2.25. The Balaban J connectivity index is 2.06. The lowest BCUT2D eigenvalue weighted by Crippen LogP contribution is -2.26. The van der Waals surface area contributed by atoms with Crippen LogP contribution in [-0.4, -0.2) is 21.8 Å². The molecule has 1 aromatic heterocycles. The topological polar surface area (TPSA) is 29.9 Å². The van der Waals surface area contributed by atoms with Gasteiger partial charge in [-0.2, -0.15) is 0 Å². The molecule has 2 aromatic rings. The Bertz CT molecular complexity index is 550. The highest BCUT2D eigenvalue weighted by Gasteiger charge is 2.16. The number of thioether (sulfide) groups is 1. The Kier molecular flexibility index (Phi) is 6.33. The maximum absolute atomic E-state index is 4.57. The first-order valence-electron chi connectivity index (χ1n) is 7.68. The Hall–Kier alpha value is -1.26. The van der Waals surface area contributed by atoms with Crippen molar-refractivity contribution in [3.63, 3.8) is 0 Å². The molecule has 2 rings (SSSR count). The molecular formula is C17H25N3S. The fourth-order valence-electron chi connectivity index (χ4n) is 2.42. The standard InChI is InChI=1S/C17H25N3S/c1-4-10-20-11-9-19-17(20)16(18-5-2)13-21-15-8-6-7-14(3)12-15/h6-9,11-12,16,18H,4-5,10,13H2,1-3H3. The molecule has 0 saturated carbocycles. The lowest BCUT2D eigenvalue weighted by molar-refractivity contribution is 0.527. The van der Waals surface area contributed by atoms with E-state index in [2.05, 4.69) is 66.1 Å². The van der Waals surface area contributed by atoms with E-state index >= 15 is 0 Å². The average Bonchev–Trinajstić information content (AvgIpc) is 2.92. The van der Waals surface area contributed by atoms with Crippen LogP contribution in [0.2, 0.25) is 0 Å². The predicted molar refractivity (Wildman–Crippen MR) is 90.8 cm³/mol. The van der Waals surface area contributed by atoms with Crippen LogP contribution in [0.15, 0.2) is 41.6 Å². The third-order valence-electron chi connectivity index (χ3n) is 3.38. The van der Waals surface area contributed by atoms with Gasteiger partial charge in [-0.1, -0.05) is 31.5 Å². The third-order valence-corrected chi connectivity index (χ3v) is 4.47. The molecule has 0 saturated heterocycles. The van der Waals surface area contributed by atoms with Crippen LogP contribution in [0.5, 0.6) is 0 Å². The van der Waals surface area contributed by atoms with Gasteiger partial charge >= 0.3 is 0 Å². The summed E-state index contributed by atoms with van der Waals surface area (Å²) < 4.78 is 2.27. The van der Waals surface area contributed by atoms with Crippen molar-refractivity contribution in [2.75, 3.05) is 12.3 Å². The van der Waals surface area contributed by atoms with Gasteiger partial charge in [0.15, 0.2) is 0 Å². The van der Waals surface area contributed by atoms with Gasteiger partial charge in [-0.05, 0) is 32.0 Å². The number of hydrogen-bond donors (Lipinski definition) is 1. The van der Waals surface area contributed by atoms with Crippen molar-refractivity contribution >= 4 is 11.8 Å². The molecule has 0 aliphatic heterocycles. The number of benzene rings is 1. The molecule has 1 aromatic carbocycles. The van der Waals surface area contributed by atoms with Crippen molar-refractivity contribution in [1.29, 1.82) is 0 Å². The lowest BCUT2D eigenvalue weighted by atomic mass is 10.2. The molecule has 0 radical (unpaired) electrons. The molecule has 0 aliphatic rings. The molecule has 4 heteroatoms. The van der Waals surface area contributed by atoms with Crippen LogP contribution in [-0.2, 0) is 6.54 Å². The zero-order valence-electron chi connectivity index (χ0n) is 13.2. The monoisotopic (exact) mass is 303 g/mol. The van der Waals surface area contributed by atoms with Gasteiger partial charge in [0.2, 0.25) is 0 Å². The summed E-state index contributed by atoms with van der Waals surface area (Å²) in [6, 6.07) is 8.98. The predicted octanol–water partition coefficient (Wildman–Crippen LogP) is 4.04. The summed E-state index contributed by atoms with van der Waals surface area (Å²) in [4.78, 5) is 5.90. The summed E-state index contributed by atoms with van der Waals surface area (Å²) in [5, 5.41) is 3.56. The first-order valence-corrected chi connectivity index (χ1v) is 8.67. The molecule has 1 unspecified atom stereocenters. The molecule has 114 valence electrons. The van der Waals surface area contributed by atoms with Gasteiger partial charge in [0, 0.05) is 29.6 Å². The van der Waals surface area contributed by atoms with E-state index in [-0.39, 0.29) is 0 Å². The zero-order valence-corrected chi connectivity index (χ0v) is 14.0. The van der Waals surface area contributed by atoms with Crippen LogP contribution >= 0.6 is 11.8 Å². The molecule has 0 spiro atoms. The molecule has 1 heterocycles. The van der Waals surface area contributed by atoms with E-state index in [0.717, 1.165) is 31.1 Å². The van der Waals surface area contributed by atoms with E-state index in [1.54, 1.807) is 0 Å². The first-order chi connectivity index (χ1) is 10.2. The van der Waals surface area contributed by atoms with Gasteiger partial charge in [-0.25, -0.2) is 4.98 Å².